The van der Waals surface area contributed by atoms with Crippen LogP contribution in [0.4, 0.5) is 4.39 Å². The van der Waals surface area contributed by atoms with Gasteiger partial charge in [0.2, 0.25) is 0 Å². The van der Waals surface area contributed by atoms with Gasteiger partial charge in [0.25, 0.3) is 0 Å². The summed E-state index contributed by atoms with van der Waals surface area (Å²) in [4.78, 5) is 0. The molecule has 1 saturated heterocycles. The van der Waals surface area contributed by atoms with Gasteiger partial charge < -0.3 is 14.8 Å². The van der Waals surface area contributed by atoms with Crippen LogP contribution in [0, 0.1) is 11.2 Å². The molecule has 22 heavy (non-hydrogen) atoms. The van der Waals surface area contributed by atoms with E-state index in [1.807, 2.05) is 0 Å². The average Bonchev–Trinajstić information content (AvgIpc) is 2.52. The number of ether oxygens (including phenoxy) is 2. The minimum absolute atomic E-state index is 0.128. The standard InChI is InChI=1S/C18H26FNO2/c1-16(2)12-21-18(22-13-16)11-5-4-10-17(18,20-3)14-6-8-15(19)9-7-14/h6-9,20H,4-5,10-13H2,1-3H3/t17-/m1/s1/i3D3. The molecule has 2 aliphatic rings. The molecular formula is C18H26FNO2. The van der Waals surface area contributed by atoms with E-state index in [9.17, 15) is 4.39 Å². The number of halogens is 1. The number of hydrogen-bond acceptors (Lipinski definition) is 3. The summed E-state index contributed by atoms with van der Waals surface area (Å²) >= 11 is 0. The molecule has 1 aliphatic carbocycles. The van der Waals surface area contributed by atoms with E-state index in [-0.39, 0.29) is 11.2 Å². The first-order chi connectivity index (χ1) is 11.6. The third-order valence-corrected chi connectivity index (χ3v) is 4.90. The smallest absolute Gasteiger partial charge is 0.190 e. The second kappa shape index (κ2) is 5.59. The van der Waals surface area contributed by atoms with Crippen LogP contribution in [-0.2, 0) is 15.0 Å². The monoisotopic (exact) mass is 310 g/mol. The normalized spacial score (nSPS) is 33.0. The van der Waals surface area contributed by atoms with Gasteiger partial charge in [-0.3, -0.25) is 0 Å². The lowest BCUT2D eigenvalue weighted by Gasteiger charge is -2.56. The molecule has 0 bridgehead atoms. The fraction of sp³-hybridized carbons (Fsp3) is 0.667. The van der Waals surface area contributed by atoms with Crippen molar-refractivity contribution >= 4 is 0 Å². The zero-order valence-electron chi connectivity index (χ0n) is 16.2. The van der Waals surface area contributed by atoms with Crippen LogP contribution < -0.4 is 5.32 Å². The maximum atomic E-state index is 13.5. The topological polar surface area (TPSA) is 30.5 Å². The molecule has 122 valence electrons. The third-order valence-electron chi connectivity index (χ3n) is 4.90. The van der Waals surface area contributed by atoms with Crippen molar-refractivity contribution in [1.29, 1.82) is 0 Å². The van der Waals surface area contributed by atoms with Gasteiger partial charge in [-0.05, 0) is 37.5 Å². The molecule has 2 fully saturated rings. The minimum Gasteiger partial charge on any atom is -0.347 e. The molecule has 1 atom stereocenters. The molecule has 0 amide bonds. The Hall–Kier alpha value is -0.970. The largest absolute Gasteiger partial charge is 0.347 e. The highest BCUT2D eigenvalue weighted by Crippen LogP contribution is 2.50. The van der Waals surface area contributed by atoms with E-state index in [1.165, 1.54) is 12.1 Å². The van der Waals surface area contributed by atoms with Crippen LogP contribution >= 0.6 is 0 Å². The van der Waals surface area contributed by atoms with Gasteiger partial charge in [-0.1, -0.05) is 32.4 Å². The molecule has 1 saturated carbocycles. The van der Waals surface area contributed by atoms with E-state index in [4.69, 9.17) is 13.6 Å². The number of hydrogen-bond donors (Lipinski definition) is 1. The van der Waals surface area contributed by atoms with E-state index in [1.54, 1.807) is 12.1 Å². The second-order valence-corrected chi connectivity index (χ2v) is 7.24. The summed E-state index contributed by atoms with van der Waals surface area (Å²) in [6.07, 6.45) is 2.89. The Kier molecular flexibility index (Phi) is 3.16. The zero-order chi connectivity index (χ0) is 18.3. The van der Waals surface area contributed by atoms with Crippen molar-refractivity contribution in [3.63, 3.8) is 0 Å². The van der Waals surface area contributed by atoms with Crippen molar-refractivity contribution < 1.29 is 18.0 Å². The number of nitrogens with one attached hydrogen (secondary N) is 1. The van der Waals surface area contributed by atoms with Crippen LogP contribution in [-0.4, -0.2) is 26.0 Å². The molecule has 0 unspecified atom stereocenters. The highest BCUT2D eigenvalue weighted by molar-refractivity contribution is 5.29. The molecule has 3 nitrogen and oxygen atoms in total. The Morgan fingerprint density at radius 1 is 1.09 bits per heavy atom. The Bertz CT molecular complexity index is 608. The molecule has 0 radical (unpaired) electrons. The van der Waals surface area contributed by atoms with E-state index in [0.717, 1.165) is 12.8 Å². The molecule has 4 heteroatoms. The summed E-state index contributed by atoms with van der Waals surface area (Å²) in [7, 11) is 0. The highest BCUT2D eigenvalue weighted by Gasteiger charge is 2.57. The van der Waals surface area contributed by atoms with Crippen molar-refractivity contribution in [1.82, 2.24) is 5.32 Å². The van der Waals surface area contributed by atoms with Gasteiger partial charge in [-0.15, -0.1) is 0 Å². The lowest BCUT2D eigenvalue weighted by atomic mass is 9.70. The lowest BCUT2D eigenvalue weighted by molar-refractivity contribution is -0.345. The fourth-order valence-electron chi connectivity index (χ4n) is 3.58. The summed E-state index contributed by atoms with van der Waals surface area (Å²) in [5.74, 6) is -1.42. The number of likely N-dealkylation sites (N-methyl/N-ethyl adjacent to an activating group) is 1. The van der Waals surface area contributed by atoms with Crippen molar-refractivity contribution in [3.8, 4) is 0 Å². The summed E-state index contributed by atoms with van der Waals surface area (Å²) in [5, 5.41) is 2.82. The van der Waals surface area contributed by atoms with Gasteiger partial charge >= 0.3 is 0 Å². The van der Waals surface area contributed by atoms with E-state index < -0.39 is 18.3 Å². The number of benzene rings is 1. The Morgan fingerprint density at radius 3 is 2.36 bits per heavy atom. The van der Waals surface area contributed by atoms with E-state index in [2.05, 4.69) is 19.2 Å². The lowest BCUT2D eigenvalue weighted by Crippen LogP contribution is -2.66. The van der Waals surface area contributed by atoms with Crippen LogP contribution in [0.2, 0.25) is 0 Å². The number of rotatable bonds is 2. The first kappa shape index (κ1) is 12.5. The first-order valence-corrected chi connectivity index (χ1v) is 7.91. The zero-order valence-corrected chi connectivity index (χ0v) is 13.2. The third kappa shape index (κ3) is 2.47. The van der Waals surface area contributed by atoms with Gasteiger partial charge in [0.1, 0.15) is 5.82 Å². The maximum Gasteiger partial charge on any atom is 0.190 e. The summed E-state index contributed by atoms with van der Waals surface area (Å²) in [5.41, 5.74) is -0.484. The predicted octanol–water partition coefficient (Wildman–Crippen LogP) is 3.58. The van der Waals surface area contributed by atoms with Gasteiger partial charge in [-0.25, -0.2) is 4.39 Å². The molecule has 3 rings (SSSR count). The quantitative estimate of drug-likeness (QED) is 0.905. The van der Waals surface area contributed by atoms with Gasteiger partial charge in [0, 0.05) is 15.9 Å². The summed E-state index contributed by atoms with van der Waals surface area (Å²) in [6, 6.07) is 5.97. The minimum atomic E-state index is -2.38. The second-order valence-electron chi connectivity index (χ2n) is 7.24. The first-order valence-electron chi connectivity index (χ1n) is 9.41. The summed E-state index contributed by atoms with van der Waals surface area (Å²) in [6.45, 7) is 2.70. The Balaban J connectivity index is 2.08. The SMILES string of the molecule is [2H]C([2H])([2H])N[C@@]1(c2ccc(F)cc2)CCCCC12OCC(C)(C)CO2. The molecular weight excluding hydrogens is 281 g/mol. The fourth-order valence-corrected chi connectivity index (χ4v) is 3.58. The molecule has 1 aromatic rings. The maximum absolute atomic E-state index is 13.5. The van der Waals surface area contributed by atoms with E-state index >= 15 is 0 Å². The van der Waals surface area contributed by atoms with Crippen LogP contribution in [0.1, 0.15) is 49.2 Å². The van der Waals surface area contributed by atoms with Gasteiger partial charge in [-0.2, -0.15) is 0 Å². The van der Waals surface area contributed by atoms with Crippen LogP contribution in [0.3, 0.4) is 0 Å². The Labute approximate surface area is 136 Å². The molecule has 1 aromatic carbocycles. The highest BCUT2D eigenvalue weighted by atomic mass is 19.1. The molecule has 0 aromatic heterocycles. The molecule has 1 aliphatic heterocycles. The Morgan fingerprint density at radius 2 is 1.73 bits per heavy atom. The van der Waals surface area contributed by atoms with Crippen molar-refractivity contribution in [2.45, 2.75) is 50.9 Å². The molecule has 1 spiro atoms. The van der Waals surface area contributed by atoms with Crippen molar-refractivity contribution in [2.24, 2.45) is 5.41 Å². The molecule has 1 N–H and O–H groups in total. The van der Waals surface area contributed by atoms with Crippen molar-refractivity contribution in [3.05, 3.63) is 35.6 Å². The predicted molar refractivity (Wildman–Crippen MR) is 84.0 cm³/mol. The van der Waals surface area contributed by atoms with Crippen LogP contribution in [0.15, 0.2) is 24.3 Å². The van der Waals surface area contributed by atoms with E-state index in [0.29, 0.717) is 31.6 Å². The summed E-state index contributed by atoms with van der Waals surface area (Å²) < 4.78 is 49.3. The van der Waals surface area contributed by atoms with Gasteiger partial charge in [0.15, 0.2) is 5.79 Å². The van der Waals surface area contributed by atoms with Gasteiger partial charge in [0.05, 0.1) is 18.8 Å². The average molecular weight is 310 g/mol. The van der Waals surface area contributed by atoms with Crippen molar-refractivity contribution in [2.75, 3.05) is 20.2 Å². The van der Waals surface area contributed by atoms with Crippen LogP contribution in [0.25, 0.3) is 0 Å². The van der Waals surface area contributed by atoms with Crippen LogP contribution in [0.5, 0.6) is 0 Å². The molecule has 1 heterocycles.